The Kier molecular flexibility index (Phi) is 5.17. The van der Waals surface area contributed by atoms with Gasteiger partial charge in [-0.15, -0.1) is 11.3 Å². The first kappa shape index (κ1) is 18.6. The number of aryl methyl sites for hydroxylation is 3. The summed E-state index contributed by atoms with van der Waals surface area (Å²) < 4.78 is 39.2. The molecule has 0 atom stereocenters. The van der Waals surface area contributed by atoms with Crippen LogP contribution in [0, 0.1) is 20.8 Å². The molecule has 138 valence electrons. The number of thiophene rings is 1. The predicted molar refractivity (Wildman–Crippen MR) is 101 cm³/mol. The standard InChI is InChI=1S/C18H20N2O4S2/c1-11-8-16(24-20-11)17-12(2)25-13(3)18(17)26(21,22)19-10-14-6-5-7-15(9-14)23-4/h5-9,19H,10H2,1-4H3. The van der Waals surface area contributed by atoms with Gasteiger partial charge in [0, 0.05) is 22.4 Å². The van der Waals surface area contributed by atoms with Crippen molar-refractivity contribution in [2.75, 3.05) is 7.11 Å². The summed E-state index contributed by atoms with van der Waals surface area (Å²) in [5, 5.41) is 3.88. The lowest BCUT2D eigenvalue weighted by Gasteiger charge is -2.09. The third-order valence-corrected chi connectivity index (χ3v) is 6.67. The van der Waals surface area contributed by atoms with Crippen molar-refractivity contribution in [1.82, 2.24) is 9.88 Å². The van der Waals surface area contributed by atoms with Crippen LogP contribution in [0.4, 0.5) is 0 Å². The molecule has 8 heteroatoms. The van der Waals surface area contributed by atoms with E-state index in [4.69, 9.17) is 9.26 Å². The van der Waals surface area contributed by atoms with Gasteiger partial charge in [0.2, 0.25) is 10.0 Å². The van der Waals surface area contributed by atoms with Crippen LogP contribution < -0.4 is 9.46 Å². The maximum Gasteiger partial charge on any atom is 0.242 e. The molecule has 0 saturated heterocycles. The van der Waals surface area contributed by atoms with Crippen LogP contribution in [-0.2, 0) is 16.6 Å². The second-order valence-electron chi connectivity index (χ2n) is 5.93. The molecular formula is C18H20N2O4S2. The van der Waals surface area contributed by atoms with E-state index in [1.165, 1.54) is 11.3 Å². The first-order valence-corrected chi connectivity index (χ1v) is 10.3. The lowest BCUT2D eigenvalue weighted by atomic mass is 10.2. The van der Waals surface area contributed by atoms with E-state index in [0.717, 1.165) is 10.4 Å². The van der Waals surface area contributed by atoms with Crippen LogP contribution in [0.2, 0.25) is 0 Å². The predicted octanol–water partition coefficient (Wildman–Crippen LogP) is 3.82. The number of nitrogens with zero attached hydrogens (tertiary/aromatic N) is 1. The number of sulfonamides is 1. The molecule has 0 bridgehead atoms. The van der Waals surface area contributed by atoms with Crippen molar-refractivity contribution in [3.05, 3.63) is 51.3 Å². The fourth-order valence-corrected chi connectivity index (χ4v) is 5.67. The van der Waals surface area contributed by atoms with Gasteiger partial charge in [0.25, 0.3) is 0 Å². The van der Waals surface area contributed by atoms with Gasteiger partial charge >= 0.3 is 0 Å². The van der Waals surface area contributed by atoms with Crippen molar-refractivity contribution in [1.29, 1.82) is 0 Å². The van der Waals surface area contributed by atoms with Crippen molar-refractivity contribution >= 4 is 21.4 Å². The Morgan fingerprint density at radius 2 is 1.96 bits per heavy atom. The topological polar surface area (TPSA) is 81.4 Å². The maximum atomic E-state index is 13.0. The average molecular weight is 393 g/mol. The molecule has 6 nitrogen and oxygen atoms in total. The molecule has 0 radical (unpaired) electrons. The minimum Gasteiger partial charge on any atom is -0.497 e. The van der Waals surface area contributed by atoms with E-state index in [1.54, 1.807) is 33.1 Å². The molecule has 0 unspecified atom stereocenters. The zero-order valence-electron chi connectivity index (χ0n) is 15.0. The molecule has 3 aromatic rings. The molecule has 0 aliphatic rings. The summed E-state index contributed by atoms with van der Waals surface area (Å²) in [5.41, 5.74) is 2.09. The van der Waals surface area contributed by atoms with Gasteiger partial charge in [0.05, 0.1) is 18.4 Å². The summed E-state index contributed by atoms with van der Waals surface area (Å²) in [6.45, 7) is 5.65. The molecule has 2 aromatic heterocycles. The average Bonchev–Trinajstić information content (AvgIpc) is 3.15. The number of hydrogen-bond acceptors (Lipinski definition) is 6. The van der Waals surface area contributed by atoms with Gasteiger partial charge in [0.1, 0.15) is 10.6 Å². The molecule has 26 heavy (non-hydrogen) atoms. The van der Waals surface area contributed by atoms with Crippen LogP contribution in [0.25, 0.3) is 11.3 Å². The zero-order chi connectivity index (χ0) is 18.9. The number of ether oxygens (including phenoxy) is 1. The zero-order valence-corrected chi connectivity index (χ0v) is 16.6. The minimum absolute atomic E-state index is 0.169. The molecule has 0 amide bonds. The lowest BCUT2D eigenvalue weighted by molar-refractivity contribution is 0.414. The molecular weight excluding hydrogens is 372 g/mol. The molecule has 0 aliphatic heterocycles. The van der Waals surface area contributed by atoms with Crippen LogP contribution in [-0.4, -0.2) is 20.7 Å². The second kappa shape index (κ2) is 7.22. The summed E-state index contributed by atoms with van der Waals surface area (Å²) in [5.74, 6) is 1.15. The molecule has 0 fully saturated rings. The van der Waals surface area contributed by atoms with Crippen LogP contribution in [0.15, 0.2) is 39.8 Å². The van der Waals surface area contributed by atoms with Gasteiger partial charge in [-0.05, 0) is 38.5 Å². The van der Waals surface area contributed by atoms with E-state index in [9.17, 15) is 8.42 Å². The number of hydrogen-bond donors (Lipinski definition) is 1. The van der Waals surface area contributed by atoms with Crippen LogP contribution >= 0.6 is 11.3 Å². The van der Waals surface area contributed by atoms with Gasteiger partial charge in [-0.1, -0.05) is 17.3 Å². The first-order chi connectivity index (χ1) is 12.3. The van der Waals surface area contributed by atoms with Gasteiger partial charge in [0.15, 0.2) is 5.76 Å². The van der Waals surface area contributed by atoms with E-state index in [-0.39, 0.29) is 11.4 Å². The number of aromatic nitrogens is 1. The molecule has 0 aliphatic carbocycles. The third-order valence-electron chi connectivity index (χ3n) is 3.95. The van der Waals surface area contributed by atoms with Crippen molar-refractivity contribution in [3.8, 4) is 17.1 Å². The third kappa shape index (κ3) is 3.67. The normalized spacial score (nSPS) is 11.7. The maximum absolute atomic E-state index is 13.0. The Bertz CT molecular complexity index is 1040. The van der Waals surface area contributed by atoms with Gasteiger partial charge < -0.3 is 9.26 Å². The summed E-state index contributed by atoms with van der Waals surface area (Å²) in [6.07, 6.45) is 0. The highest BCUT2D eigenvalue weighted by Gasteiger charge is 2.28. The van der Waals surface area contributed by atoms with Gasteiger partial charge in [-0.2, -0.15) is 0 Å². The SMILES string of the molecule is COc1cccc(CNS(=O)(=O)c2c(C)sc(C)c2-c2cc(C)no2)c1. The largest absolute Gasteiger partial charge is 0.497 e. The van der Waals surface area contributed by atoms with E-state index >= 15 is 0 Å². The fraction of sp³-hybridized carbons (Fsp3) is 0.278. The van der Waals surface area contributed by atoms with Gasteiger partial charge in [-0.3, -0.25) is 0 Å². The second-order valence-corrected chi connectivity index (χ2v) is 9.06. The van der Waals surface area contributed by atoms with Crippen LogP contribution in [0.1, 0.15) is 21.0 Å². The highest BCUT2D eigenvalue weighted by atomic mass is 32.2. The molecule has 2 heterocycles. The molecule has 1 N–H and O–H groups in total. The van der Waals surface area contributed by atoms with Crippen molar-refractivity contribution < 1.29 is 17.7 Å². The van der Waals surface area contributed by atoms with Crippen molar-refractivity contribution in [3.63, 3.8) is 0 Å². The molecule has 0 spiro atoms. The smallest absolute Gasteiger partial charge is 0.242 e. The molecule has 1 aromatic carbocycles. The number of nitrogens with one attached hydrogen (secondary N) is 1. The van der Waals surface area contributed by atoms with Crippen molar-refractivity contribution in [2.24, 2.45) is 0 Å². The summed E-state index contributed by atoms with van der Waals surface area (Å²) in [4.78, 5) is 1.84. The van der Waals surface area contributed by atoms with E-state index < -0.39 is 10.0 Å². The minimum atomic E-state index is -3.73. The summed E-state index contributed by atoms with van der Waals surface area (Å²) in [7, 11) is -2.15. The Labute approximate surface area is 156 Å². The first-order valence-electron chi connectivity index (χ1n) is 7.98. The Hall–Kier alpha value is -2.16. The van der Waals surface area contributed by atoms with E-state index in [0.29, 0.717) is 27.6 Å². The number of rotatable bonds is 6. The highest BCUT2D eigenvalue weighted by Crippen LogP contribution is 2.39. The lowest BCUT2D eigenvalue weighted by Crippen LogP contribution is -2.24. The van der Waals surface area contributed by atoms with E-state index in [2.05, 4.69) is 9.88 Å². The molecule has 3 rings (SSSR count). The molecule has 0 saturated carbocycles. The number of benzene rings is 1. The van der Waals surface area contributed by atoms with Crippen LogP contribution in [0.5, 0.6) is 5.75 Å². The summed E-state index contributed by atoms with van der Waals surface area (Å²) in [6, 6.07) is 9.03. The Balaban J connectivity index is 1.94. The van der Waals surface area contributed by atoms with Gasteiger partial charge in [-0.25, -0.2) is 13.1 Å². The fourth-order valence-electron chi connectivity index (χ4n) is 2.79. The Morgan fingerprint density at radius 3 is 2.62 bits per heavy atom. The van der Waals surface area contributed by atoms with E-state index in [1.807, 2.05) is 25.1 Å². The highest BCUT2D eigenvalue weighted by molar-refractivity contribution is 7.89. The summed E-state index contributed by atoms with van der Waals surface area (Å²) >= 11 is 1.43. The number of methoxy groups -OCH3 is 1. The Morgan fingerprint density at radius 1 is 1.19 bits per heavy atom. The van der Waals surface area contributed by atoms with Crippen LogP contribution in [0.3, 0.4) is 0 Å². The quantitative estimate of drug-likeness (QED) is 0.690. The monoisotopic (exact) mass is 392 g/mol. The van der Waals surface area contributed by atoms with Crippen molar-refractivity contribution in [2.45, 2.75) is 32.2 Å².